The van der Waals surface area contributed by atoms with Gasteiger partial charge in [0.1, 0.15) is 5.54 Å². The van der Waals surface area contributed by atoms with Gasteiger partial charge in [-0.15, -0.1) is 0 Å². The molecule has 1 N–H and O–H groups in total. The van der Waals surface area contributed by atoms with E-state index in [0.29, 0.717) is 18.2 Å². The van der Waals surface area contributed by atoms with Crippen molar-refractivity contribution in [2.75, 3.05) is 19.7 Å². The highest BCUT2D eigenvalue weighted by atomic mass is 16.5. The van der Waals surface area contributed by atoms with Crippen molar-refractivity contribution >= 4 is 0 Å². The van der Waals surface area contributed by atoms with Crippen molar-refractivity contribution in [3.63, 3.8) is 0 Å². The molecule has 0 amide bonds. The van der Waals surface area contributed by atoms with Crippen LogP contribution in [0.5, 0.6) is 0 Å². The normalized spacial score (nSPS) is 27.2. The molecule has 0 aromatic rings. The minimum absolute atomic E-state index is 0.346. The minimum atomic E-state index is -0.391. The van der Waals surface area contributed by atoms with E-state index in [2.05, 4.69) is 44.0 Å². The van der Waals surface area contributed by atoms with Crippen LogP contribution >= 0.6 is 0 Å². The van der Waals surface area contributed by atoms with Crippen molar-refractivity contribution < 1.29 is 4.74 Å². The first-order valence-electron chi connectivity index (χ1n) is 7.91. The molecule has 0 aliphatic carbocycles. The molecule has 0 aromatic carbocycles. The maximum Gasteiger partial charge on any atom is 0.104 e. The zero-order valence-electron chi connectivity index (χ0n) is 13.8. The summed E-state index contributed by atoms with van der Waals surface area (Å²) in [4.78, 5) is 2.51. The molecular weight excluding hydrogens is 250 g/mol. The molecule has 3 atom stereocenters. The Morgan fingerprint density at radius 2 is 2.10 bits per heavy atom. The number of nitriles is 1. The van der Waals surface area contributed by atoms with Crippen molar-refractivity contribution in [2.45, 2.75) is 77.6 Å². The summed E-state index contributed by atoms with van der Waals surface area (Å²) in [7, 11) is 0. The average Bonchev–Trinajstić information content (AvgIpc) is 2.38. The first-order valence-corrected chi connectivity index (χ1v) is 7.91. The van der Waals surface area contributed by atoms with Gasteiger partial charge in [0, 0.05) is 18.6 Å². The highest BCUT2D eigenvalue weighted by molar-refractivity contribution is 5.04. The number of morpholine rings is 1. The van der Waals surface area contributed by atoms with Gasteiger partial charge in [0.2, 0.25) is 0 Å². The number of ether oxygens (including phenoxy) is 1. The van der Waals surface area contributed by atoms with Gasteiger partial charge in [-0.1, -0.05) is 0 Å². The fourth-order valence-electron chi connectivity index (χ4n) is 2.87. The molecule has 0 bridgehead atoms. The molecule has 1 aliphatic rings. The van der Waals surface area contributed by atoms with Crippen molar-refractivity contribution in [1.82, 2.24) is 10.2 Å². The fourth-order valence-corrected chi connectivity index (χ4v) is 2.87. The van der Waals surface area contributed by atoms with Gasteiger partial charge in [0.25, 0.3) is 0 Å². The second-order valence-corrected chi connectivity index (χ2v) is 6.69. The Bertz CT molecular complexity index is 326. The van der Waals surface area contributed by atoms with Crippen LogP contribution in [0, 0.1) is 11.3 Å². The van der Waals surface area contributed by atoms with E-state index in [1.54, 1.807) is 0 Å². The van der Waals surface area contributed by atoms with E-state index in [0.717, 1.165) is 39.0 Å². The molecule has 3 unspecified atom stereocenters. The number of hydrogen-bond acceptors (Lipinski definition) is 4. The van der Waals surface area contributed by atoms with Crippen LogP contribution in [0.2, 0.25) is 0 Å². The van der Waals surface area contributed by atoms with E-state index in [1.165, 1.54) is 0 Å². The SMILES string of the molecule is CC(C)NC(C)(C#N)CCCCN1CC(C)OCC1C. The van der Waals surface area contributed by atoms with Gasteiger partial charge in [-0.05, 0) is 60.4 Å². The van der Waals surface area contributed by atoms with E-state index in [4.69, 9.17) is 4.74 Å². The fraction of sp³-hybridized carbons (Fsp3) is 0.938. The topological polar surface area (TPSA) is 48.3 Å². The third-order valence-electron chi connectivity index (χ3n) is 3.96. The monoisotopic (exact) mass is 281 g/mol. The Hall–Kier alpha value is -0.630. The molecule has 1 aliphatic heterocycles. The zero-order chi connectivity index (χ0) is 15.2. The Kier molecular flexibility index (Phi) is 6.94. The second-order valence-electron chi connectivity index (χ2n) is 6.69. The van der Waals surface area contributed by atoms with Crippen LogP contribution in [0.15, 0.2) is 0 Å². The van der Waals surface area contributed by atoms with Crippen LogP contribution < -0.4 is 5.32 Å². The maximum atomic E-state index is 9.32. The first-order chi connectivity index (χ1) is 9.36. The lowest BCUT2D eigenvalue weighted by atomic mass is 9.95. The Morgan fingerprint density at radius 1 is 1.40 bits per heavy atom. The Balaban J connectivity index is 2.28. The number of nitrogens with one attached hydrogen (secondary N) is 1. The van der Waals surface area contributed by atoms with E-state index < -0.39 is 5.54 Å². The summed E-state index contributed by atoms with van der Waals surface area (Å²) < 4.78 is 5.65. The van der Waals surface area contributed by atoms with Crippen LogP contribution in [0.4, 0.5) is 0 Å². The molecule has 0 saturated carbocycles. The van der Waals surface area contributed by atoms with Crippen LogP contribution in [0.25, 0.3) is 0 Å². The smallest absolute Gasteiger partial charge is 0.104 e. The molecule has 20 heavy (non-hydrogen) atoms. The van der Waals surface area contributed by atoms with Crippen molar-refractivity contribution in [3.8, 4) is 6.07 Å². The summed E-state index contributed by atoms with van der Waals surface area (Å²) >= 11 is 0. The average molecular weight is 281 g/mol. The summed E-state index contributed by atoms with van der Waals surface area (Å²) in [5, 5.41) is 12.7. The van der Waals surface area contributed by atoms with Gasteiger partial charge in [-0.3, -0.25) is 10.2 Å². The molecule has 4 heteroatoms. The van der Waals surface area contributed by atoms with Gasteiger partial charge < -0.3 is 4.74 Å². The molecule has 1 saturated heterocycles. The third-order valence-corrected chi connectivity index (χ3v) is 3.96. The largest absolute Gasteiger partial charge is 0.376 e. The quantitative estimate of drug-likeness (QED) is 0.729. The van der Waals surface area contributed by atoms with E-state index in [-0.39, 0.29) is 0 Å². The summed E-state index contributed by atoms with van der Waals surface area (Å²) in [6, 6.07) is 3.28. The lowest BCUT2D eigenvalue weighted by Crippen LogP contribution is -2.47. The third kappa shape index (κ3) is 5.78. The van der Waals surface area contributed by atoms with Gasteiger partial charge in [-0.2, -0.15) is 5.26 Å². The van der Waals surface area contributed by atoms with E-state index in [9.17, 15) is 5.26 Å². The highest BCUT2D eigenvalue weighted by Crippen LogP contribution is 2.16. The molecule has 1 fully saturated rings. The van der Waals surface area contributed by atoms with Crippen LogP contribution in [-0.2, 0) is 4.74 Å². The molecular formula is C16H31N3O. The van der Waals surface area contributed by atoms with Crippen molar-refractivity contribution in [3.05, 3.63) is 0 Å². The van der Waals surface area contributed by atoms with Gasteiger partial charge >= 0.3 is 0 Å². The van der Waals surface area contributed by atoms with E-state index >= 15 is 0 Å². The summed E-state index contributed by atoms with van der Waals surface area (Å²) in [5.41, 5.74) is -0.391. The standard InChI is InChI=1S/C16H31N3O/c1-13(2)18-16(5,12-17)8-6-7-9-19-10-15(4)20-11-14(19)3/h13-15,18H,6-11H2,1-5H3. The molecule has 116 valence electrons. The molecule has 1 rings (SSSR count). The molecule has 4 nitrogen and oxygen atoms in total. The minimum Gasteiger partial charge on any atom is -0.376 e. The second kappa shape index (κ2) is 7.97. The number of unbranched alkanes of at least 4 members (excludes halogenated alkanes) is 1. The zero-order valence-corrected chi connectivity index (χ0v) is 13.8. The molecule has 1 heterocycles. The summed E-state index contributed by atoms with van der Waals surface area (Å²) in [6.07, 6.45) is 3.49. The van der Waals surface area contributed by atoms with Crippen molar-refractivity contribution in [1.29, 1.82) is 5.26 Å². The number of rotatable bonds is 7. The van der Waals surface area contributed by atoms with Crippen LogP contribution in [0.3, 0.4) is 0 Å². The molecule has 0 aromatic heterocycles. The lowest BCUT2D eigenvalue weighted by Gasteiger charge is -2.37. The predicted octanol–water partition coefficient (Wildman–Crippen LogP) is 2.55. The van der Waals surface area contributed by atoms with Crippen molar-refractivity contribution in [2.24, 2.45) is 0 Å². The number of hydrogen-bond donors (Lipinski definition) is 1. The Morgan fingerprint density at radius 3 is 2.70 bits per heavy atom. The summed E-state index contributed by atoms with van der Waals surface area (Å²) in [6.45, 7) is 13.5. The van der Waals surface area contributed by atoms with E-state index in [1.807, 2.05) is 6.92 Å². The van der Waals surface area contributed by atoms with Crippen LogP contribution in [-0.4, -0.2) is 48.3 Å². The molecule has 0 spiro atoms. The van der Waals surface area contributed by atoms with Gasteiger partial charge in [0.15, 0.2) is 0 Å². The molecule has 0 radical (unpaired) electrons. The van der Waals surface area contributed by atoms with Crippen LogP contribution in [0.1, 0.15) is 53.9 Å². The van der Waals surface area contributed by atoms with Gasteiger partial charge in [0.05, 0.1) is 18.8 Å². The van der Waals surface area contributed by atoms with Gasteiger partial charge in [-0.25, -0.2) is 0 Å². The summed E-state index contributed by atoms with van der Waals surface area (Å²) in [5.74, 6) is 0. The lowest BCUT2D eigenvalue weighted by molar-refractivity contribution is -0.0497. The predicted molar refractivity (Wildman–Crippen MR) is 82.6 cm³/mol. The Labute approximate surface area is 124 Å². The highest BCUT2D eigenvalue weighted by Gasteiger charge is 2.25. The first kappa shape index (κ1) is 17.4. The maximum absolute atomic E-state index is 9.32. The number of nitrogens with zero attached hydrogens (tertiary/aromatic N) is 2.